The van der Waals surface area contributed by atoms with Crippen molar-refractivity contribution in [3.8, 4) is 0 Å². The second-order valence-corrected chi connectivity index (χ2v) is 3.72. The van der Waals surface area contributed by atoms with Gasteiger partial charge in [-0.1, -0.05) is 13.8 Å². The third-order valence-electron chi connectivity index (χ3n) is 2.52. The zero-order valence-electron chi connectivity index (χ0n) is 8.00. The van der Waals surface area contributed by atoms with Crippen LogP contribution in [0.15, 0.2) is 0 Å². The van der Waals surface area contributed by atoms with E-state index < -0.39 is 0 Å². The molecule has 2 atom stereocenters. The largest absolute Gasteiger partial charge is 0.280 e. The Balaban J connectivity index is 2.91. The van der Waals surface area contributed by atoms with E-state index in [0.717, 1.165) is 0 Å². The molecule has 1 unspecified atom stereocenters. The number of hydrogen-bond donors (Lipinski definition) is 0. The highest BCUT2D eigenvalue weighted by atomic mass is 16.2. The summed E-state index contributed by atoms with van der Waals surface area (Å²) < 4.78 is 0. The highest BCUT2D eigenvalue weighted by Gasteiger charge is 2.43. The lowest BCUT2D eigenvalue weighted by Crippen LogP contribution is -2.36. The summed E-state index contributed by atoms with van der Waals surface area (Å²) in [7, 11) is 0. The number of imide groups is 1. The van der Waals surface area contributed by atoms with E-state index in [0.29, 0.717) is 0 Å². The zero-order chi connectivity index (χ0) is 9.46. The van der Waals surface area contributed by atoms with Crippen LogP contribution in [-0.2, 0) is 9.59 Å². The molecule has 1 saturated heterocycles. The molecule has 0 saturated carbocycles. The minimum atomic E-state index is -0.139. The minimum absolute atomic E-state index is 0.00241. The van der Waals surface area contributed by atoms with E-state index in [2.05, 4.69) is 0 Å². The van der Waals surface area contributed by atoms with Gasteiger partial charge < -0.3 is 0 Å². The average molecular weight is 169 g/mol. The molecule has 0 radical (unpaired) electrons. The van der Waals surface area contributed by atoms with Crippen LogP contribution in [0.3, 0.4) is 0 Å². The van der Waals surface area contributed by atoms with Crippen molar-refractivity contribution in [2.24, 2.45) is 11.8 Å². The molecule has 1 rings (SSSR count). The number of nitrogens with zero attached hydrogens (tertiary/aromatic N) is 1. The SMILES string of the molecule is CC1C(=O)N(C(C)C)C(=O)[C@@H]1C. The lowest BCUT2D eigenvalue weighted by atomic mass is 10.00. The molecule has 68 valence electrons. The van der Waals surface area contributed by atoms with E-state index in [1.165, 1.54) is 4.90 Å². The fraction of sp³-hybridized carbons (Fsp3) is 0.778. The number of hydrogen-bond acceptors (Lipinski definition) is 2. The van der Waals surface area contributed by atoms with Gasteiger partial charge in [-0.3, -0.25) is 14.5 Å². The Labute approximate surface area is 72.7 Å². The second-order valence-electron chi connectivity index (χ2n) is 3.72. The van der Waals surface area contributed by atoms with E-state index >= 15 is 0 Å². The third kappa shape index (κ3) is 1.13. The maximum atomic E-state index is 11.5. The topological polar surface area (TPSA) is 37.4 Å². The summed E-state index contributed by atoms with van der Waals surface area (Å²) in [5, 5.41) is 0. The summed E-state index contributed by atoms with van der Waals surface area (Å²) in [6.07, 6.45) is 0. The van der Waals surface area contributed by atoms with E-state index in [9.17, 15) is 9.59 Å². The Kier molecular flexibility index (Phi) is 2.22. The van der Waals surface area contributed by atoms with Gasteiger partial charge in [0.25, 0.3) is 0 Å². The van der Waals surface area contributed by atoms with Crippen LogP contribution >= 0.6 is 0 Å². The van der Waals surface area contributed by atoms with Gasteiger partial charge in [0.05, 0.1) is 0 Å². The van der Waals surface area contributed by atoms with Gasteiger partial charge in [0, 0.05) is 17.9 Å². The van der Waals surface area contributed by atoms with Gasteiger partial charge in [-0.05, 0) is 13.8 Å². The molecular weight excluding hydrogens is 154 g/mol. The molecule has 12 heavy (non-hydrogen) atoms. The Hall–Kier alpha value is -0.860. The van der Waals surface area contributed by atoms with Gasteiger partial charge in [-0.25, -0.2) is 0 Å². The van der Waals surface area contributed by atoms with Crippen LogP contribution in [-0.4, -0.2) is 22.8 Å². The predicted octanol–water partition coefficient (Wildman–Crippen LogP) is 1.04. The molecule has 0 aromatic rings. The maximum absolute atomic E-state index is 11.5. The van der Waals surface area contributed by atoms with Crippen LogP contribution in [0.4, 0.5) is 0 Å². The average Bonchev–Trinajstić information content (AvgIpc) is 2.16. The summed E-state index contributed by atoms with van der Waals surface area (Å²) in [5.74, 6) is -0.329. The molecule has 3 nitrogen and oxygen atoms in total. The first-order chi connectivity index (χ1) is 5.46. The molecule has 1 fully saturated rings. The van der Waals surface area contributed by atoms with Crippen molar-refractivity contribution in [3.05, 3.63) is 0 Å². The summed E-state index contributed by atoms with van der Waals surface area (Å²) in [5.41, 5.74) is 0. The van der Waals surface area contributed by atoms with Crippen LogP contribution in [0.25, 0.3) is 0 Å². The van der Waals surface area contributed by atoms with Crippen molar-refractivity contribution in [1.82, 2.24) is 4.90 Å². The van der Waals surface area contributed by atoms with Crippen LogP contribution in [0.5, 0.6) is 0 Å². The number of carbonyl (C=O) groups excluding carboxylic acids is 2. The number of rotatable bonds is 1. The smallest absolute Gasteiger partial charge is 0.233 e. The van der Waals surface area contributed by atoms with Gasteiger partial charge in [0.1, 0.15) is 0 Å². The van der Waals surface area contributed by atoms with Crippen LogP contribution in [0.1, 0.15) is 27.7 Å². The molecule has 0 aromatic carbocycles. The molecule has 0 N–H and O–H groups in total. The van der Waals surface area contributed by atoms with Crippen molar-refractivity contribution in [2.75, 3.05) is 0 Å². The maximum Gasteiger partial charge on any atom is 0.233 e. The standard InChI is InChI=1S/C9H15NO2/c1-5(2)10-8(11)6(3)7(4)9(10)12/h5-7H,1-4H3/t6-,7?/m1/s1. The van der Waals surface area contributed by atoms with Crippen LogP contribution < -0.4 is 0 Å². The fourth-order valence-corrected chi connectivity index (χ4v) is 1.48. The first-order valence-electron chi connectivity index (χ1n) is 4.33. The van der Waals surface area contributed by atoms with Crippen LogP contribution in [0, 0.1) is 11.8 Å². The first-order valence-corrected chi connectivity index (χ1v) is 4.33. The summed E-state index contributed by atoms with van der Waals surface area (Å²) in [6.45, 7) is 7.35. The first kappa shape index (κ1) is 9.23. The van der Waals surface area contributed by atoms with E-state index in [1.807, 2.05) is 27.7 Å². The van der Waals surface area contributed by atoms with Crippen molar-refractivity contribution >= 4 is 11.8 Å². The minimum Gasteiger partial charge on any atom is -0.280 e. The highest BCUT2D eigenvalue weighted by Crippen LogP contribution is 2.26. The van der Waals surface area contributed by atoms with E-state index in [-0.39, 0.29) is 29.7 Å². The Bertz CT molecular complexity index is 203. The molecule has 1 aliphatic heterocycles. The monoisotopic (exact) mass is 169 g/mol. The molecule has 0 bridgehead atoms. The number of likely N-dealkylation sites (tertiary alicyclic amines) is 1. The molecular formula is C9H15NO2. The molecule has 1 heterocycles. The lowest BCUT2D eigenvalue weighted by Gasteiger charge is -2.18. The van der Waals surface area contributed by atoms with Gasteiger partial charge in [-0.2, -0.15) is 0 Å². The van der Waals surface area contributed by atoms with E-state index in [1.54, 1.807) is 0 Å². The Morgan fingerprint density at radius 3 is 1.58 bits per heavy atom. The second kappa shape index (κ2) is 2.88. The number of amides is 2. The zero-order valence-corrected chi connectivity index (χ0v) is 8.00. The highest BCUT2D eigenvalue weighted by molar-refractivity contribution is 6.04. The fourth-order valence-electron chi connectivity index (χ4n) is 1.48. The molecule has 2 amide bonds. The van der Waals surface area contributed by atoms with Crippen molar-refractivity contribution in [1.29, 1.82) is 0 Å². The Morgan fingerprint density at radius 2 is 1.42 bits per heavy atom. The van der Waals surface area contributed by atoms with Gasteiger partial charge in [-0.15, -0.1) is 0 Å². The molecule has 0 aliphatic carbocycles. The lowest BCUT2D eigenvalue weighted by molar-refractivity contribution is -0.141. The van der Waals surface area contributed by atoms with E-state index in [4.69, 9.17) is 0 Å². The van der Waals surface area contributed by atoms with Gasteiger partial charge >= 0.3 is 0 Å². The number of carbonyl (C=O) groups is 2. The predicted molar refractivity (Wildman–Crippen MR) is 45.3 cm³/mol. The van der Waals surface area contributed by atoms with Crippen molar-refractivity contribution < 1.29 is 9.59 Å². The summed E-state index contributed by atoms with van der Waals surface area (Å²) in [6, 6.07) is -0.00241. The summed E-state index contributed by atoms with van der Waals surface area (Å²) in [4.78, 5) is 24.3. The molecule has 1 aliphatic rings. The van der Waals surface area contributed by atoms with Gasteiger partial charge in [0.15, 0.2) is 0 Å². The van der Waals surface area contributed by atoms with Crippen molar-refractivity contribution in [2.45, 2.75) is 33.7 Å². The molecule has 0 aromatic heterocycles. The summed E-state index contributed by atoms with van der Waals surface area (Å²) >= 11 is 0. The Morgan fingerprint density at radius 1 is 1.08 bits per heavy atom. The van der Waals surface area contributed by atoms with Crippen molar-refractivity contribution in [3.63, 3.8) is 0 Å². The van der Waals surface area contributed by atoms with Gasteiger partial charge in [0.2, 0.25) is 11.8 Å². The molecule has 0 spiro atoms. The molecule has 3 heteroatoms. The third-order valence-corrected chi connectivity index (χ3v) is 2.52. The van der Waals surface area contributed by atoms with Crippen LogP contribution in [0.2, 0.25) is 0 Å². The quantitative estimate of drug-likeness (QED) is 0.550. The normalized spacial score (nSPS) is 30.6.